The van der Waals surface area contributed by atoms with Crippen molar-refractivity contribution in [2.75, 3.05) is 21.3 Å². The molecule has 15 heavy (non-hydrogen) atoms. The second-order valence-electron chi connectivity index (χ2n) is 2.82. The van der Waals surface area contributed by atoms with Crippen LogP contribution in [-0.4, -0.2) is 21.3 Å². The Morgan fingerprint density at radius 3 is 2.00 bits per heavy atom. The number of rotatable bonds is 4. The van der Waals surface area contributed by atoms with Crippen molar-refractivity contribution in [3.05, 3.63) is 22.2 Å². The average molecular weight is 297 g/mol. The van der Waals surface area contributed by atoms with Crippen molar-refractivity contribution in [2.24, 2.45) is 0 Å². The molecule has 0 aliphatic rings. The molecule has 0 fully saturated rings. The van der Waals surface area contributed by atoms with Gasteiger partial charge in [-0.15, -0.1) is 12.4 Å². The Morgan fingerprint density at radius 2 is 1.67 bits per heavy atom. The zero-order chi connectivity index (χ0) is 10.6. The van der Waals surface area contributed by atoms with Crippen LogP contribution in [0.25, 0.3) is 0 Å². The lowest BCUT2D eigenvalue weighted by molar-refractivity contribution is 0.383. The molecular weight excluding hydrogens is 281 g/mol. The normalized spacial score (nSPS) is 9.33. The fraction of sp³-hybridized carbons (Fsp3) is 0.400. The Balaban J connectivity index is 0.00000196. The highest BCUT2D eigenvalue weighted by atomic mass is 79.9. The van der Waals surface area contributed by atoms with Crippen molar-refractivity contribution in [1.82, 2.24) is 5.32 Å². The first-order chi connectivity index (χ1) is 6.72. The Hall–Kier alpha value is -0.450. The molecule has 0 heterocycles. The number of hydrogen-bond acceptors (Lipinski definition) is 3. The molecule has 1 rings (SSSR count). The number of methoxy groups -OCH3 is 2. The number of benzene rings is 1. The minimum Gasteiger partial charge on any atom is -0.496 e. The summed E-state index contributed by atoms with van der Waals surface area (Å²) >= 11 is 3.40. The third-order valence-electron chi connectivity index (χ3n) is 1.93. The zero-order valence-corrected chi connectivity index (χ0v) is 11.4. The van der Waals surface area contributed by atoms with E-state index in [0.29, 0.717) is 0 Å². The molecule has 0 unspecified atom stereocenters. The quantitative estimate of drug-likeness (QED) is 0.926. The number of hydrogen-bond donors (Lipinski definition) is 1. The van der Waals surface area contributed by atoms with E-state index in [1.807, 2.05) is 19.2 Å². The summed E-state index contributed by atoms with van der Waals surface area (Å²) < 4.78 is 11.5. The van der Waals surface area contributed by atoms with E-state index >= 15 is 0 Å². The van der Waals surface area contributed by atoms with Gasteiger partial charge in [0.15, 0.2) is 0 Å². The molecule has 0 aliphatic carbocycles. The first-order valence-electron chi connectivity index (χ1n) is 4.28. The summed E-state index contributed by atoms with van der Waals surface area (Å²) in [6.45, 7) is 0.722. The highest BCUT2D eigenvalue weighted by Crippen LogP contribution is 2.32. The van der Waals surface area contributed by atoms with Crippen molar-refractivity contribution in [3.8, 4) is 11.5 Å². The SMILES string of the molecule is CNCc1c(OC)cc(Br)cc1OC.Cl. The van der Waals surface area contributed by atoms with Gasteiger partial charge in [0.1, 0.15) is 11.5 Å². The number of nitrogens with one attached hydrogen (secondary N) is 1. The lowest BCUT2D eigenvalue weighted by Crippen LogP contribution is -2.08. The second-order valence-corrected chi connectivity index (χ2v) is 3.73. The molecule has 86 valence electrons. The summed E-state index contributed by atoms with van der Waals surface area (Å²) in [5, 5.41) is 3.08. The van der Waals surface area contributed by atoms with Crippen molar-refractivity contribution in [2.45, 2.75) is 6.54 Å². The molecule has 0 bridgehead atoms. The van der Waals surface area contributed by atoms with E-state index in [4.69, 9.17) is 9.47 Å². The van der Waals surface area contributed by atoms with Gasteiger partial charge >= 0.3 is 0 Å². The predicted octanol–water partition coefficient (Wildman–Crippen LogP) is 2.61. The summed E-state index contributed by atoms with van der Waals surface area (Å²) in [6, 6.07) is 3.85. The molecule has 0 saturated heterocycles. The smallest absolute Gasteiger partial charge is 0.128 e. The van der Waals surface area contributed by atoms with Crippen LogP contribution in [0, 0.1) is 0 Å². The highest BCUT2D eigenvalue weighted by molar-refractivity contribution is 9.10. The van der Waals surface area contributed by atoms with Crippen LogP contribution in [-0.2, 0) is 6.54 Å². The molecule has 1 aromatic carbocycles. The third kappa shape index (κ3) is 3.55. The van der Waals surface area contributed by atoms with Gasteiger partial charge in [0.2, 0.25) is 0 Å². The summed E-state index contributed by atoms with van der Waals surface area (Å²) in [7, 11) is 5.20. The van der Waals surface area contributed by atoms with Crippen molar-refractivity contribution in [1.29, 1.82) is 0 Å². The Kier molecular flexibility index (Phi) is 6.72. The molecule has 0 atom stereocenters. The number of halogens is 2. The fourth-order valence-electron chi connectivity index (χ4n) is 1.30. The Labute approximate surface area is 105 Å². The van der Waals surface area contributed by atoms with Crippen LogP contribution in [0.4, 0.5) is 0 Å². The largest absolute Gasteiger partial charge is 0.496 e. The van der Waals surface area contributed by atoms with Gasteiger partial charge in [0.25, 0.3) is 0 Å². The maximum absolute atomic E-state index is 5.27. The van der Waals surface area contributed by atoms with Crippen molar-refractivity contribution in [3.63, 3.8) is 0 Å². The molecule has 5 heteroatoms. The standard InChI is InChI=1S/C10H14BrNO2.ClH/c1-12-6-8-9(13-2)4-7(11)5-10(8)14-3;/h4-5,12H,6H2,1-3H3;1H. The summed E-state index contributed by atoms with van der Waals surface area (Å²) in [5.74, 6) is 1.65. The van der Waals surface area contributed by atoms with Gasteiger partial charge in [0.05, 0.1) is 14.2 Å². The highest BCUT2D eigenvalue weighted by Gasteiger charge is 2.10. The lowest BCUT2D eigenvalue weighted by Gasteiger charge is -2.13. The maximum atomic E-state index is 5.27. The minimum absolute atomic E-state index is 0. The Bertz CT molecular complexity index is 295. The van der Waals surface area contributed by atoms with Crippen LogP contribution in [0.15, 0.2) is 16.6 Å². The van der Waals surface area contributed by atoms with Crippen LogP contribution in [0.2, 0.25) is 0 Å². The van der Waals surface area contributed by atoms with Gasteiger partial charge in [0, 0.05) is 16.6 Å². The van der Waals surface area contributed by atoms with Crippen LogP contribution in [0.5, 0.6) is 11.5 Å². The second kappa shape index (κ2) is 6.93. The zero-order valence-electron chi connectivity index (χ0n) is 8.96. The van der Waals surface area contributed by atoms with Gasteiger partial charge in [-0.2, -0.15) is 0 Å². The van der Waals surface area contributed by atoms with Crippen LogP contribution >= 0.6 is 28.3 Å². The molecule has 0 spiro atoms. The van der Waals surface area contributed by atoms with Crippen molar-refractivity contribution >= 4 is 28.3 Å². The molecular formula is C10H15BrClNO2. The minimum atomic E-state index is 0. The molecule has 0 aliphatic heterocycles. The van der Waals surface area contributed by atoms with E-state index in [2.05, 4.69) is 21.2 Å². The summed E-state index contributed by atoms with van der Waals surface area (Å²) in [5.41, 5.74) is 1.03. The van der Waals surface area contributed by atoms with E-state index in [9.17, 15) is 0 Å². The summed E-state index contributed by atoms with van der Waals surface area (Å²) in [6.07, 6.45) is 0. The molecule has 1 N–H and O–H groups in total. The molecule has 0 aromatic heterocycles. The molecule has 1 aromatic rings. The molecule has 0 radical (unpaired) electrons. The van der Waals surface area contributed by atoms with E-state index in [-0.39, 0.29) is 12.4 Å². The molecule has 0 saturated carbocycles. The summed E-state index contributed by atoms with van der Waals surface area (Å²) in [4.78, 5) is 0. The monoisotopic (exact) mass is 295 g/mol. The van der Waals surface area contributed by atoms with Gasteiger partial charge < -0.3 is 14.8 Å². The topological polar surface area (TPSA) is 30.5 Å². The average Bonchev–Trinajstić information content (AvgIpc) is 2.20. The van der Waals surface area contributed by atoms with Crippen LogP contribution < -0.4 is 14.8 Å². The van der Waals surface area contributed by atoms with Gasteiger partial charge in [-0.05, 0) is 19.2 Å². The predicted molar refractivity (Wildman–Crippen MR) is 67.3 cm³/mol. The third-order valence-corrected chi connectivity index (χ3v) is 2.38. The van der Waals surface area contributed by atoms with Crippen molar-refractivity contribution < 1.29 is 9.47 Å². The Morgan fingerprint density at radius 1 is 1.20 bits per heavy atom. The van der Waals surface area contributed by atoms with E-state index in [1.54, 1.807) is 14.2 Å². The van der Waals surface area contributed by atoms with Gasteiger partial charge in [-0.3, -0.25) is 0 Å². The van der Waals surface area contributed by atoms with E-state index in [1.165, 1.54) is 0 Å². The molecule has 3 nitrogen and oxygen atoms in total. The maximum Gasteiger partial charge on any atom is 0.128 e. The van der Waals surface area contributed by atoms with Gasteiger partial charge in [-0.25, -0.2) is 0 Å². The fourth-order valence-corrected chi connectivity index (χ4v) is 1.72. The molecule has 0 amide bonds. The lowest BCUT2D eigenvalue weighted by atomic mass is 10.1. The van der Waals surface area contributed by atoms with Gasteiger partial charge in [-0.1, -0.05) is 15.9 Å². The first kappa shape index (κ1) is 14.6. The van der Waals surface area contributed by atoms with Crippen LogP contribution in [0.3, 0.4) is 0 Å². The van der Waals surface area contributed by atoms with Crippen LogP contribution in [0.1, 0.15) is 5.56 Å². The van der Waals surface area contributed by atoms with E-state index < -0.39 is 0 Å². The van der Waals surface area contributed by atoms with E-state index in [0.717, 1.165) is 28.1 Å². The number of ether oxygens (including phenoxy) is 2. The first-order valence-corrected chi connectivity index (χ1v) is 5.07.